The average molecular weight is 390 g/mol. The highest BCUT2D eigenvalue weighted by atomic mass is 32.2. The maximum absolute atomic E-state index is 13.7. The number of halogens is 1. The summed E-state index contributed by atoms with van der Waals surface area (Å²) < 4.78 is 41.2. The minimum absolute atomic E-state index is 0.107. The standard InChI is InChI=1S/C20H23FN2O3S/c1-14-9-10-18(13-19(14)21)27(25,26)22-17-8-5-7-16(12-17)20(24)23-11-4-3-6-15(23)2/h5,7-10,12-13,15,22H,3-4,6,11H2,1-2H3. The van der Waals surface area contributed by atoms with Crippen LogP contribution in [0.25, 0.3) is 0 Å². The fourth-order valence-corrected chi connectivity index (χ4v) is 4.30. The molecule has 1 atom stereocenters. The summed E-state index contributed by atoms with van der Waals surface area (Å²) in [6.07, 6.45) is 3.05. The number of piperidine rings is 1. The van der Waals surface area contributed by atoms with E-state index in [2.05, 4.69) is 4.72 Å². The Morgan fingerprint density at radius 2 is 1.96 bits per heavy atom. The van der Waals surface area contributed by atoms with Crippen molar-refractivity contribution in [2.75, 3.05) is 11.3 Å². The molecule has 2 aromatic carbocycles. The first-order valence-corrected chi connectivity index (χ1v) is 10.5. The van der Waals surface area contributed by atoms with Crippen LogP contribution in [0, 0.1) is 12.7 Å². The van der Waals surface area contributed by atoms with Crippen molar-refractivity contribution in [1.29, 1.82) is 0 Å². The van der Waals surface area contributed by atoms with Gasteiger partial charge in [-0.1, -0.05) is 12.1 Å². The molecular formula is C20H23FN2O3S. The molecule has 0 spiro atoms. The van der Waals surface area contributed by atoms with Crippen molar-refractivity contribution >= 4 is 21.6 Å². The van der Waals surface area contributed by atoms with Crippen molar-refractivity contribution in [3.8, 4) is 0 Å². The molecule has 7 heteroatoms. The smallest absolute Gasteiger partial charge is 0.261 e. The monoisotopic (exact) mass is 390 g/mol. The molecule has 0 aliphatic carbocycles. The largest absolute Gasteiger partial charge is 0.336 e. The number of likely N-dealkylation sites (tertiary alicyclic amines) is 1. The number of aryl methyl sites for hydroxylation is 1. The zero-order valence-electron chi connectivity index (χ0n) is 15.4. The van der Waals surface area contributed by atoms with Crippen LogP contribution in [0.2, 0.25) is 0 Å². The van der Waals surface area contributed by atoms with Crippen LogP contribution in [-0.2, 0) is 10.0 Å². The molecule has 0 radical (unpaired) electrons. The second-order valence-corrected chi connectivity index (χ2v) is 8.62. The van der Waals surface area contributed by atoms with Crippen LogP contribution in [0.5, 0.6) is 0 Å². The van der Waals surface area contributed by atoms with E-state index >= 15 is 0 Å². The molecule has 1 aliphatic heterocycles. The molecular weight excluding hydrogens is 367 g/mol. The van der Waals surface area contributed by atoms with E-state index in [0.717, 1.165) is 25.3 Å². The number of rotatable bonds is 4. The summed E-state index contributed by atoms with van der Waals surface area (Å²) in [5.41, 5.74) is 1.07. The lowest BCUT2D eigenvalue weighted by Crippen LogP contribution is -2.42. The molecule has 1 amide bonds. The van der Waals surface area contributed by atoms with E-state index in [1.807, 2.05) is 11.8 Å². The highest BCUT2D eigenvalue weighted by molar-refractivity contribution is 7.92. The summed E-state index contributed by atoms with van der Waals surface area (Å²) >= 11 is 0. The van der Waals surface area contributed by atoms with Crippen LogP contribution in [0.15, 0.2) is 47.4 Å². The second-order valence-electron chi connectivity index (χ2n) is 6.94. The molecule has 3 rings (SSSR count). The molecule has 1 N–H and O–H groups in total. The predicted molar refractivity (Wildman–Crippen MR) is 103 cm³/mol. The van der Waals surface area contributed by atoms with E-state index in [4.69, 9.17) is 0 Å². The Labute approximate surface area is 159 Å². The van der Waals surface area contributed by atoms with Crippen molar-refractivity contribution in [2.24, 2.45) is 0 Å². The van der Waals surface area contributed by atoms with Gasteiger partial charge in [0, 0.05) is 23.8 Å². The molecule has 0 aromatic heterocycles. The van der Waals surface area contributed by atoms with E-state index < -0.39 is 15.8 Å². The lowest BCUT2D eigenvalue weighted by molar-refractivity contribution is 0.0635. The van der Waals surface area contributed by atoms with E-state index in [9.17, 15) is 17.6 Å². The van der Waals surface area contributed by atoms with Crippen LogP contribution < -0.4 is 4.72 Å². The molecule has 0 saturated carbocycles. The van der Waals surface area contributed by atoms with Gasteiger partial charge in [-0.3, -0.25) is 9.52 Å². The third-order valence-electron chi connectivity index (χ3n) is 4.88. The lowest BCUT2D eigenvalue weighted by atomic mass is 10.0. The van der Waals surface area contributed by atoms with Crippen molar-refractivity contribution < 1.29 is 17.6 Å². The molecule has 27 heavy (non-hydrogen) atoms. The summed E-state index contributed by atoms with van der Waals surface area (Å²) in [7, 11) is -3.95. The van der Waals surface area contributed by atoms with Gasteiger partial charge in [0.2, 0.25) is 0 Å². The van der Waals surface area contributed by atoms with Gasteiger partial charge in [0.1, 0.15) is 5.82 Å². The Kier molecular flexibility index (Phi) is 5.51. The minimum Gasteiger partial charge on any atom is -0.336 e. The third-order valence-corrected chi connectivity index (χ3v) is 6.26. The fraction of sp³-hybridized carbons (Fsp3) is 0.350. The Bertz CT molecular complexity index is 959. The highest BCUT2D eigenvalue weighted by Gasteiger charge is 2.24. The van der Waals surface area contributed by atoms with Crippen molar-refractivity contribution in [2.45, 2.75) is 44.0 Å². The Balaban J connectivity index is 1.83. The van der Waals surface area contributed by atoms with E-state index in [1.165, 1.54) is 18.2 Å². The van der Waals surface area contributed by atoms with Gasteiger partial charge >= 0.3 is 0 Å². The Hall–Kier alpha value is -2.41. The molecule has 1 saturated heterocycles. The van der Waals surface area contributed by atoms with Crippen LogP contribution in [-0.4, -0.2) is 31.8 Å². The normalized spacial score (nSPS) is 17.6. The van der Waals surface area contributed by atoms with Gasteiger partial charge < -0.3 is 4.90 Å². The molecule has 1 aliphatic rings. The van der Waals surface area contributed by atoms with Crippen LogP contribution in [0.1, 0.15) is 42.1 Å². The van der Waals surface area contributed by atoms with Gasteiger partial charge in [0.25, 0.3) is 15.9 Å². The number of carbonyl (C=O) groups excluding carboxylic acids is 1. The minimum atomic E-state index is -3.95. The summed E-state index contributed by atoms with van der Waals surface area (Å²) in [4.78, 5) is 14.4. The lowest BCUT2D eigenvalue weighted by Gasteiger charge is -2.33. The SMILES string of the molecule is Cc1ccc(S(=O)(=O)Nc2cccc(C(=O)N3CCCCC3C)c2)cc1F. The first-order chi connectivity index (χ1) is 12.8. The molecule has 1 unspecified atom stereocenters. The van der Waals surface area contributed by atoms with Gasteiger partial charge in [-0.25, -0.2) is 12.8 Å². The van der Waals surface area contributed by atoms with Crippen LogP contribution >= 0.6 is 0 Å². The molecule has 2 aromatic rings. The highest BCUT2D eigenvalue weighted by Crippen LogP contribution is 2.22. The van der Waals surface area contributed by atoms with Crippen molar-refractivity contribution in [3.05, 3.63) is 59.4 Å². The van der Waals surface area contributed by atoms with E-state index in [-0.39, 0.29) is 22.5 Å². The first kappa shape index (κ1) is 19.4. The number of nitrogens with one attached hydrogen (secondary N) is 1. The van der Waals surface area contributed by atoms with Gasteiger partial charge in [0.15, 0.2) is 0 Å². The van der Waals surface area contributed by atoms with Gasteiger partial charge in [0.05, 0.1) is 4.90 Å². The summed E-state index contributed by atoms with van der Waals surface area (Å²) in [6, 6.07) is 10.3. The second kappa shape index (κ2) is 7.68. The Morgan fingerprint density at radius 3 is 2.67 bits per heavy atom. The zero-order valence-corrected chi connectivity index (χ0v) is 16.2. The number of nitrogens with zero attached hydrogens (tertiary/aromatic N) is 1. The molecule has 0 bridgehead atoms. The fourth-order valence-electron chi connectivity index (χ4n) is 3.24. The molecule has 144 valence electrons. The maximum atomic E-state index is 13.7. The predicted octanol–water partition coefficient (Wildman–Crippen LogP) is 3.95. The van der Waals surface area contributed by atoms with Gasteiger partial charge in [-0.05, 0) is 69.0 Å². The molecule has 5 nitrogen and oxygen atoms in total. The quantitative estimate of drug-likeness (QED) is 0.860. The number of hydrogen-bond acceptors (Lipinski definition) is 3. The number of amides is 1. The maximum Gasteiger partial charge on any atom is 0.261 e. The number of hydrogen-bond donors (Lipinski definition) is 1. The summed E-state index contributed by atoms with van der Waals surface area (Å²) in [5, 5.41) is 0. The molecule has 1 heterocycles. The van der Waals surface area contributed by atoms with Crippen molar-refractivity contribution in [1.82, 2.24) is 4.90 Å². The molecule has 1 fully saturated rings. The zero-order chi connectivity index (χ0) is 19.6. The summed E-state index contributed by atoms with van der Waals surface area (Å²) in [5.74, 6) is -0.689. The number of sulfonamides is 1. The number of carbonyl (C=O) groups is 1. The van der Waals surface area contributed by atoms with E-state index in [1.54, 1.807) is 25.1 Å². The number of benzene rings is 2. The van der Waals surface area contributed by atoms with Crippen LogP contribution in [0.4, 0.5) is 10.1 Å². The van der Waals surface area contributed by atoms with Gasteiger partial charge in [-0.2, -0.15) is 0 Å². The van der Waals surface area contributed by atoms with Gasteiger partial charge in [-0.15, -0.1) is 0 Å². The van der Waals surface area contributed by atoms with Crippen LogP contribution in [0.3, 0.4) is 0 Å². The average Bonchev–Trinajstić information content (AvgIpc) is 2.63. The topological polar surface area (TPSA) is 66.5 Å². The number of anilines is 1. The summed E-state index contributed by atoms with van der Waals surface area (Å²) in [6.45, 7) is 4.30. The van der Waals surface area contributed by atoms with E-state index in [0.29, 0.717) is 17.7 Å². The van der Waals surface area contributed by atoms with Crippen molar-refractivity contribution in [3.63, 3.8) is 0 Å². The Morgan fingerprint density at radius 1 is 1.19 bits per heavy atom. The third kappa shape index (κ3) is 4.30. The first-order valence-electron chi connectivity index (χ1n) is 8.98.